The predicted molar refractivity (Wildman–Crippen MR) is 198 cm³/mol. The largest absolute Gasteiger partial charge is 0.493 e. The summed E-state index contributed by atoms with van der Waals surface area (Å²) in [7, 11) is 2.73. The average Bonchev–Trinajstić information content (AvgIpc) is 3.47. The molecule has 3 atom stereocenters. The van der Waals surface area contributed by atoms with E-state index in [2.05, 4.69) is 99.4 Å². The van der Waals surface area contributed by atoms with E-state index in [0.29, 0.717) is 6.04 Å². The minimum atomic E-state index is 0.167. The minimum absolute atomic E-state index is 0.167. The van der Waals surface area contributed by atoms with Crippen LogP contribution in [-0.2, 0) is 22.4 Å². The van der Waals surface area contributed by atoms with Gasteiger partial charge in [0, 0.05) is 12.5 Å². The number of carbonyl (C=O) groups excluding carboxylic acids is 2. The Labute approximate surface area is 275 Å². The van der Waals surface area contributed by atoms with Crippen molar-refractivity contribution in [1.29, 1.82) is 0 Å². The third-order valence-electron chi connectivity index (χ3n) is 7.47. The molecule has 0 spiro atoms. The third kappa shape index (κ3) is 20.7. The summed E-state index contributed by atoms with van der Waals surface area (Å²) < 4.78 is 5.59. The van der Waals surface area contributed by atoms with Gasteiger partial charge < -0.3 is 14.8 Å². The molecule has 1 aliphatic rings. The molecule has 3 unspecified atom stereocenters. The van der Waals surface area contributed by atoms with Crippen molar-refractivity contribution in [3.8, 4) is 5.75 Å². The molecule has 0 bridgehead atoms. The first-order valence-electron chi connectivity index (χ1n) is 17.3. The SMILES string of the molecule is CC.CC(C)=O.CCCC(C)CC(CC)c1ccc2c(c1)CCO2.CCCC(CCC)NC=O.CCc1ccc(P)c(C)c1. The normalized spacial score (nSPS) is 12.2. The van der Waals surface area contributed by atoms with Gasteiger partial charge in [-0.2, -0.15) is 0 Å². The molecule has 252 valence electrons. The van der Waals surface area contributed by atoms with Crippen LogP contribution in [0.3, 0.4) is 0 Å². The molecule has 1 aliphatic heterocycles. The van der Waals surface area contributed by atoms with Crippen molar-refractivity contribution >= 4 is 26.7 Å². The van der Waals surface area contributed by atoms with Gasteiger partial charge in [0.05, 0.1) is 6.61 Å². The smallest absolute Gasteiger partial charge is 0.207 e. The standard InChI is InChI=1S/C17H26O.C9H13P.C8H17NO.C3H6O.C2H6/c1-4-6-13(3)11-14(5-2)15-7-8-17-16(12-15)9-10-18-17;1-3-8-4-5-9(10)7(2)6-8;1-3-5-8(6-4-2)9-7-10;1-3(2)4;1-2/h7-8,12-14H,4-6,9-11H2,1-3H3;4-6H,3,10H2,1-2H3;7-8H,3-6H2,1-2H3,(H,9,10);1-2H3;1-2H3. The van der Waals surface area contributed by atoms with E-state index in [1.165, 1.54) is 67.1 Å². The summed E-state index contributed by atoms with van der Waals surface area (Å²) in [5.74, 6) is 2.83. The Morgan fingerprint density at radius 2 is 1.55 bits per heavy atom. The number of carbonyl (C=O) groups is 2. The predicted octanol–water partition coefficient (Wildman–Crippen LogP) is 10.3. The van der Waals surface area contributed by atoms with Crippen LogP contribution in [-0.4, -0.2) is 24.8 Å². The summed E-state index contributed by atoms with van der Waals surface area (Å²) in [6, 6.07) is 13.8. The number of ketones is 1. The first kappa shape index (κ1) is 43.9. The van der Waals surface area contributed by atoms with Crippen LogP contribution in [0.4, 0.5) is 0 Å². The van der Waals surface area contributed by atoms with Crippen LogP contribution < -0.4 is 15.4 Å². The van der Waals surface area contributed by atoms with Crippen molar-refractivity contribution in [3.63, 3.8) is 0 Å². The topological polar surface area (TPSA) is 55.4 Å². The number of hydrogen-bond acceptors (Lipinski definition) is 3. The number of benzene rings is 2. The number of rotatable bonds is 13. The minimum Gasteiger partial charge on any atom is -0.493 e. The lowest BCUT2D eigenvalue weighted by Crippen LogP contribution is -2.27. The molecule has 2 aromatic carbocycles. The van der Waals surface area contributed by atoms with Gasteiger partial charge in [-0.15, -0.1) is 9.24 Å². The molecule has 0 radical (unpaired) electrons. The van der Waals surface area contributed by atoms with Gasteiger partial charge in [-0.05, 0) is 98.3 Å². The van der Waals surface area contributed by atoms with Gasteiger partial charge >= 0.3 is 0 Å². The fraction of sp³-hybridized carbons (Fsp3) is 0.641. The Bertz CT molecular complexity index is 997. The number of amides is 1. The van der Waals surface area contributed by atoms with E-state index >= 15 is 0 Å². The maximum atomic E-state index is 10.1. The molecular weight excluding hydrogens is 561 g/mol. The maximum Gasteiger partial charge on any atom is 0.207 e. The van der Waals surface area contributed by atoms with E-state index in [4.69, 9.17) is 4.74 Å². The maximum absolute atomic E-state index is 10.1. The van der Waals surface area contributed by atoms with E-state index in [-0.39, 0.29) is 5.78 Å². The molecule has 4 nitrogen and oxygen atoms in total. The lowest BCUT2D eigenvalue weighted by atomic mass is 9.85. The molecule has 44 heavy (non-hydrogen) atoms. The molecule has 0 saturated heterocycles. The van der Waals surface area contributed by atoms with Gasteiger partial charge in [0.1, 0.15) is 11.5 Å². The molecule has 0 aliphatic carbocycles. The van der Waals surface area contributed by atoms with Crippen LogP contribution in [0.5, 0.6) is 5.75 Å². The Morgan fingerprint density at radius 3 is 2.02 bits per heavy atom. The number of ether oxygens (including phenoxy) is 1. The Hall–Kier alpha value is -2.19. The molecule has 2 aromatic rings. The van der Waals surface area contributed by atoms with Crippen molar-refractivity contribution in [2.24, 2.45) is 5.92 Å². The van der Waals surface area contributed by atoms with Gasteiger partial charge in [0.15, 0.2) is 0 Å². The second-order valence-electron chi connectivity index (χ2n) is 11.7. The molecule has 1 heterocycles. The zero-order chi connectivity index (χ0) is 33.9. The fourth-order valence-electron chi connectivity index (χ4n) is 5.16. The monoisotopic (exact) mass is 629 g/mol. The molecule has 1 N–H and O–H groups in total. The Kier molecular flexibility index (Phi) is 28.3. The number of Topliss-reactive ketones (excluding diaryl/α,β-unsaturated/α-hetero) is 1. The number of fused-ring (bicyclic) bond motifs is 1. The van der Waals surface area contributed by atoms with E-state index in [0.717, 1.165) is 69.1 Å². The van der Waals surface area contributed by atoms with Gasteiger partial charge in [-0.1, -0.05) is 111 Å². The Balaban J connectivity index is 0. The van der Waals surface area contributed by atoms with Gasteiger partial charge in [-0.25, -0.2) is 0 Å². The van der Waals surface area contributed by atoms with Crippen molar-refractivity contribution in [1.82, 2.24) is 5.32 Å². The van der Waals surface area contributed by atoms with Gasteiger partial charge in [-0.3, -0.25) is 4.79 Å². The van der Waals surface area contributed by atoms with Crippen molar-refractivity contribution in [3.05, 3.63) is 58.7 Å². The lowest BCUT2D eigenvalue weighted by molar-refractivity contribution is -0.115. The van der Waals surface area contributed by atoms with Crippen LogP contribution >= 0.6 is 9.24 Å². The summed E-state index contributed by atoms with van der Waals surface area (Å²) in [6.07, 6.45) is 12.7. The highest BCUT2D eigenvalue weighted by molar-refractivity contribution is 7.27. The van der Waals surface area contributed by atoms with Crippen LogP contribution in [0.25, 0.3) is 0 Å². The summed E-state index contributed by atoms with van der Waals surface area (Å²) >= 11 is 0. The summed E-state index contributed by atoms with van der Waals surface area (Å²) in [6.45, 7) is 23.5. The Morgan fingerprint density at radius 1 is 0.955 bits per heavy atom. The average molecular weight is 630 g/mol. The number of aryl methyl sites for hydroxylation is 2. The summed E-state index contributed by atoms with van der Waals surface area (Å²) in [5.41, 5.74) is 5.71. The van der Waals surface area contributed by atoms with Crippen molar-refractivity contribution in [2.75, 3.05) is 6.61 Å². The van der Waals surface area contributed by atoms with Crippen LogP contribution in [0.2, 0.25) is 0 Å². The zero-order valence-corrected chi connectivity index (χ0v) is 31.5. The molecule has 5 heteroatoms. The molecule has 0 fully saturated rings. The molecule has 3 rings (SSSR count). The summed E-state index contributed by atoms with van der Waals surface area (Å²) in [5, 5.41) is 4.11. The van der Waals surface area contributed by atoms with Crippen molar-refractivity contribution < 1.29 is 14.3 Å². The third-order valence-corrected chi connectivity index (χ3v) is 8.11. The van der Waals surface area contributed by atoms with E-state index < -0.39 is 0 Å². The van der Waals surface area contributed by atoms with Gasteiger partial charge in [0.2, 0.25) is 6.41 Å². The molecule has 1 amide bonds. The van der Waals surface area contributed by atoms with Crippen LogP contribution in [0, 0.1) is 12.8 Å². The second kappa shape index (κ2) is 28.3. The molecule has 0 saturated carbocycles. The van der Waals surface area contributed by atoms with Gasteiger partial charge in [0.25, 0.3) is 0 Å². The van der Waals surface area contributed by atoms with Crippen molar-refractivity contribution in [2.45, 2.75) is 152 Å². The second-order valence-corrected chi connectivity index (χ2v) is 12.3. The first-order valence-corrected chi connectivity index (χ1v) is 17.9. The summed E-state index contributed by atoms with van der Waals surface area (Å²) in [4.78, 5) is 19.5. The molecule has 0 aromatic heterocycles. The highest BCUT2D eigenvalue weighted by atomic mass is 31.0. The zero-order valence-electron chi connectivity index (χ0n) is 30.4. The number of nitrogens with one attached hydrogen (secondary N) is 1. The quantitative estimate of drug-likeness (QED) is 0.177. The van der Waals surface area contributed by atoms with E-state index in [1.54, 1.807) is 0 Å². The highest BCUT2D eigenvalue weighted by Crippen LogP contribution is 2.33. The lowest BCUT2D eigenvalue weighted by Gasteiger charge is -2.20. The highest BCUT2D eigenvalue weighted by Gasteiger charge is 2.17. The van der Waals surface area contributed by atoms with E-state index in [1.807, 2.05) is 13.8 Å². The number of hydrogen-bond donors (Lipinski definition) is 1. The fourth-order valence-corrected chi connectivity index (χ4v) is 5.34. The first-order chi connectivity index (χ1) is 21.1. The van der Waals surface area contributed by atoms with E-state index in [9.17, 15) is 9.59 Å². The molecular formula is C39H68NO3P. The van der Waals surface area contributed by atoms with Crippen LogP contribution in [0.15, 0.2) is 36.4 Å². The van der Waals surface area contributed by atoms with Crippen LogP contribution in [0.1, 0.15) is 149 Å².